The first-order valence-corrected chi connectivity index (χ1v) is 5.16. The van der Waals surface area contributed by atoms with Crippen molar-refractivity contribution in [2.75, 3.05) is 33.7 Å². The van der Waals surface area contributed by atoms with Crippen LogP contribution in [0.15, 0.2) is 0 Å². The lowest BCUT2D eigenvalue weighted by molar-refractivity contribution is -0.147. The maximum absolute atomic E-state index is 11.5. The van der Waals surface area contributed by atoms with Crippen LogP contribution < -0.4 is 0 Å². The molecule has 0 aromatic heterocycles. The Morgan fingerprint density at radius 2 is 2.27 bits per heavy atom. The molecule has 1 rings (SSSR count). The lowest BCUT2D eigenvalue weighted by Gasteiger charge is -2.31. The van der Waals surface area contributed by atoms with Crippen LogP contribution in [0, 0.1) is 5.92 Å². The number of rotatable bonds is 4. The van der Waals surface area contributed by atoms with Gasteiger partial charge in [-0.15, -0.1) is 0 Å². The summed E-state index contributed by atoms with van der Waals surface area (Å²) in [6, 6.07) is 0. The summed E-state index contributed by atoms with van der Waals surface area (Å²) in [6.07, 6.45) is 0.844. The number of likely N-dealkylation sites (N-methyl/N-ethyl adjacent to an activating group) is 1. The number of likely N-dealkylation sites (tertiary alicyclic amines) is 1. The molecule has 5 nitrogen and oxygen atoms in total. The summed E-state index contributed by atoms with van der Waals surface area (Å²) in [6.45, 7) is 1.76. The van der Waals surface area contributed by atoms with Gasteiger partial charge in [-0.05, 0) is 20.5 Å². The number of piperidine rings is 1. The second-order valence-electron chi connectivity index (χ2n) is 4.22. The molecule has 1 amide bonds. The molecule has 15 heavy (non-hydrogen) atoms. The van der Waals surface area contributed by atoms with Crippen molar-refractivity contribution in [1.82, 2.24) is 9.80 Å². The third-order valence-corrected chi connectivity index (χ3v) is 2.67. The van der Waals surface area contributed by atoms with E-state index in [1.54, 1.807) is 4.90 Å². The maximum Gasteiger partial charge on any atom is 0.308 e. The lowest BCUT2D eigenvalue weighted by atomic mass is 9.98. The fourth-order valence-corrected chi connectivity index (χ4v) is 1.65. The molecule has 0 radical (unpaired) electrons. The first-order chi connectivity index (χ1) is 7.00. The van der Waals surface area contributed by atoms with E-state index in [1.807, 2.05) is 19.0 Å². The zero-order valence-electron chi connectivity index (χ0n) is 9.27. The third-order valence-electron chi connectivity index (χ3n) is 2.67. The highest BCUT2D eigenvalue weighted by molar-refractivity contribution is 5.80. The summed E-state index contributed by atoms with van der Waals surface area (Å²) in [7, 11) is 3.87. The number of hydrogen-bond donors (Lipinski definition) is 1. The Bertz CT molecular complexity index is 253. The SMILES string of the molecule is CN(C)CCN1C[C@@H](C(=O)O)CCC1=O. The van der Waals surface area contributed by atoms with Crippen molar-refractivity contribution < 1.29 is 14.7 Å². The Kier molecular flexibility index (Phi) is 4.08. The first kappa shape index (κ1) is 12.0. The molecule has 1 atom stereocenters. The minimum Gasteiger partial charge on any atom is -0.481 e. The number of hydrogen-bond acceptors (Lipinski definition) is 3. The highest BCUT2D eigenvalue weighted by atomic mass is 16.4. The fraction of sp³-hybridized carbons (Fsp3) is 0.800. The zero-order valence-corrected chi connectivity index (χ0v) is 9.27. The van der Waals surface area contributed by atoms with E-state index in [9.17, 15) is 9.59 Å². The van der Waals surface area contributed by atoms with Crippen molar-refractivity contribution in [3.63, 3.8) is 0 Å². The Labute approximate surface area is 89.7 Å². The molecule has 86 valence electrons. The van der Waals surface area contributed by atoms with Gasteiger partial charge in [-0.1, -0.05) is 0 Å². The molecule has 1 N–H and O–H groups in total. The quantitative estimate of drug-likeness (QED) is 0.708. The highest BCUT2D eigenvalue weighted by Crippen LogP contribution is 2.17. The molecule has 0 unspecified atom stereocenters. The molecule has 0 bridgehead atoms. The molecule has 1 fully saturated rings. The second kappa shape index (κ2) is 5.11. The van der Waals surface area contributed by atoms with Crippen LogP contribution in [0.2, 0.25) is 0 Å². The summed E-state index contributed by atoms with van der Waals surface area (Å²) >= 11 is 0. The predicted octanol–water partition coefficient (Wildman–Crippen LogP) is -0.129. The molecular weight excluding hydrogens is 196 g/mol. The normalized spacial score (nSPS) is 22.2. The predicted molar refractivity (Wildman–Crippen MR) is 55.5 cm³/mol. The molecule has 1 saturated heterocycles. The van der Waals surface area contributed by atoms with E-state index < -0.39 is 5.97 Å². The average molecular weight is 214 g/mol. The fourth-order valence-electron chi connectivity index (χ4n) is 1.65. The minimum atomic E-state index is -0.794. The van der Waals surface area contributed by atoms with Crippen molar-refractivity contribution in [1.29, 1.82) is 0 Å². The molecule has 1 aliphatic heterocycles. The van der Waals surface area contributed by atoms with Crippen LogP contribution in [0.25, 0.3) is 0 Å². The van der Waals surface area contributed by atoms with E-state index in [0.717, 1.165) is 6.54 Å². The number of carbonyl (C=O) groups is 2. The second-order valence-corrected chi connectivity index (χ2v) is 4.22. The number of carbonyl (C=O) groups excluding carboxylic acids is 1. The summed E-state index contributed by atoms with van der Waals surface area (Å²) < 4.78 is 0. The Morgan fingerprint density at radius 3 is 2.80 bits per heavy atom. The molecule has 0 aromatic carbocycles. The van der Waals surface area contributed by atoms with Crippen LogP contribution in [0.1, 0.15) is 12.8 Å². The van der Waals surface area contributed by atoms with Crippen LogP contribution in [-0.4, -0.2) is 60.5 Å². The highest BCUT2D eigenvalue weighted by Gasteiger charge is 2.29. The van der Waals surface area contributed by atoms with Gasteiger partial charge in [-0.3, -0.25) is 9.59 Å². The van der Waals surface area contributed by atoms with Crippen molar-refractivity contribution in [3.05, 3.63) is 0 Å². The monoisotopic (exact) mass is 214 g/mol. The molecule has 0 spiro atoms. The smallest absolute Gasteiger partial charge is 0.308 e. The number of amides is 1. The van der Waals surface area contributed by atoms with E-state index in [4.69, 9.17) is 5.11 Å². The summed E-state index contributed by atoms with van der Waals surface area (Å²) in [4.78, 5) is 25.9. The van der Waals surface area contributed by atoms with Gasteiger partial charge in [0.25, 0.3) is 0 Å². The van der Waals surface area contributed by atoms with Gasteiger partial charge in [-0.2, -0.15) is 0 Å². The van der Waals surface area contributed by atoms with Crippen molar-refractivity contribution in [2.45, 2.75) is 12.8 Å². The molecule has 1 heterocycles. The average Bonchev–Trinajstić information content (AvgIpc) is 2.16. The van der Waals surface area contributed by atoms with E-state index >= 15 is 0 Å². The summed E-state index contributed by atoms with van der Waals surface area (Å²) in [5.41, 5.74) is 0. The van der Waals surface area contributed by atoms with Crippen molar-refractivity contribution >= 4 is 11.9 Å². The molecule has 5 heteroatoms. The maximum atomic E-state index is 11.5. The zero-order chi connectivity index (χ0) is 11.4. The van der Waals surface area contributed by atoms with Crippen LogP contribution in [0.3, 0.4) is 0 Å². The van der Waals surface area contributed by atoms with Crippen LogP contribution in [0.4, 0.5) is 0 Å². The summed E-state index contributed by atoms with van der Waals surface area (Å²) in [5.74, 6) is -1.10. The molecule has 0 saturated carbocycles. The van der Waals surface area contributed by atoms with Gasteiger partial charge in [0.1, 0.15) is 0 Å². The van der Waals surface area contributed by atoms with Crippen molar-refractivity contribution in [3.8, 4) is 0 Å². The first-order valence-electron chi connectivity index (χ1n) is 5.16. The van der Waals surface area contributed by atoms with Gasteiger partial charge in [0.15, 0.2) is 0 Å². The molecular formula is C10H18N2O3. The van der Waals surface area contributed by atoms with Crippen LogP contribution >= 0.6 is 0 Å². The van der Waals surface area contributed by atoms with Gasteiger partial charge in [0, 0.05) is 26.1 Å². The topological polar surface area (TPSA) is 60.9 Å². The molecule has 0 aromatic rings. The number of aliphatic carboxylic acids is 1. The largest absolute Gasteiger partial charge is 0.481 e. The standard InChI is InChI=1S/C10H18N2O3/c1-11(2)5-6-12-7-8(10(14)15)3-4-9(12)13/h8H,3-7H2,1-2H3,(H,14,15)/t8-/m0/s1. The number of nitrogens with zero attached hydrogens (tertiary/aromatic N) is 2. The molecule has 0 aliphatic carbocycles. The minimum absolute atomic E-state index is 0.0781. The van der Waals surface area contributed by atoms with E-state index in [1.165, 1.54) is 0 Å². The summed E-state index contributed by atoms with van der Waals surface area (Å²) in [5, 5.41) is 8.87. The van der Waals surface area contributed by atoms with E-state index in [2.05, 4.69) is 0 Å². The lowest BCUT2D eigenvalue weighted by Crippen LogP contribution is -2.45. The Balaban J connectivity index is 2.46. The Hall–Kier alpha value is -1.10. The van der Waals surface area contributed by atoms with Crippen LogP contribution in [-0.2, 0) is 9.59 Å². The van der Waals surface area contributed by atoms with Gasteiger partial charge in [0.2, 0.25) is 5.91 Å². The van der Waals surface area contributed by atoms with Gasteiger partial charge in [0.05, 0.1) is 5.92 Å². The van der Waals surface area contributed by atoms with E-state index in [-0.39, 0.29) is 11.8 Å². The molecule has 1 aliphatic rings. The van der Waals surface area contributed by atoms with Crippen molar-refractivity contribution in [2.24, 2.45) is 5.92 Å². The Morgan fingerprint density at radius 1 is 1.60 bits per heavy atom. The number of carboxylic acid groups (broad SMARTS) is 1. The number of carboxylic acids is 1. The van der Waals surface area contributed by atoms with E-state index in [0.29, 0.717) is 25.9 Å². The van der Waals surface area contributed by atoms with Gasteiger partial charge >= 0.3 is 5.97 Å². The van der Waals surface area contributed by atoms with Crippen LogP contribution in [0.5, 0.6) is 0 Å². The third kappa shape index (κ3) is 3.51. The van der Waals surface area contributed by atoms with Gasteiger partial charge < -0.3 is 14.9 Å². The van der Waals surface area contributed by atoms with Gasteiger partial charge in [-0.25, -0.2) is 0 Å².